The highest BCUT2D eigenvalue weighted by Crippen LogP contribution is 2.09. The fraction of sp³-hybridized carbons (Fsp3) is 0.222. The summed E-state index contributed by atoms with van der Waals surface area (Å²) in [6.45, 7) is 0.625. The van der Waals surface area contributed by atoms with E-state index in [1.54, 1.807) is 0 Å². The Balaban J connectivity index is 2.50. The van der Waals surface area contributed by atoms with Crippen LogP contribution in [0.1, 0.15) is 5.56 Å². The third-order valence-electron chi connectivity index (χ3n) is 1.61. The van der Waals surface area contributed by atoms with Gasteiger partial charge in [0.15, 0.2) is 5.96 Å². The maximum absolute atomic E-state index is 5.20. The van der Waals surface area contributed by atoms with Crippen LogP contribution in [0.2, 0.25) is 0 Å². The number of nitrogens with two attached hydrogens (primary N) is 2. The molecule has 0 saturated carbocycles. The van der Waals surface area contributed by atoms with Gasteiger partial charge in [-0.1, -0.05) is 12.1 Å². The summed E-state index contributed by atoms with van der Waals surface area (Å²) < 4.78 is 0. The zero-order chi connectivity index (χ0) is 9.68. The smallest absolute Gasteiger partial charge is 0.185 e. The van der Waals surface area contributed by atoms with Gasteiger partial charge in [-0.05, 0) is 24.1 Å². The van der Waals surface area contributed by atoms with Gasteiger partial charge in [-0.2, -0.15) is 0 Å². The number of hydrogen-bond donors (Lipinski definition) is 3. The molecule has 0 amide bonds. The SMILES string of the molecule is NC(N)=NCCc1cccc(S)c1. The fourth-order valence-electron chi connectivity index (χ4n) is 1.03. The van der Waals surface area contributed by atoms with Crippen LogP contribution in [-0.2, 0) is 6.42 Å². The molecule has 0 fully saturated rings. The Bertz CT molecular complexity index is 305. The molecular weight excluding hydrogens is 182 g/mol. The van der Waals surface area contributed by atoms with Crippen molar-refractivity contribution < 1.29 is 0 Å². The Morgan fingerprint density at radius 3 is 2.77 bits per heavy atom. The predicted octanol–water partition coefficient (Wildman–Crippen LogP) is 0.791. The average Bonchev–Trinajstić information content (AvgIpc) is 2.03. The number of hydrogen-bond acceptors (Lipinski definition) is 2. The van der Waals surface area contributed by atoms with E-state index in [2.05, 4.69) is 17.6 Å². The van der Waals surface area contributed by atoms with E-state index in [1.165, 1.54) is 5.56 Å². The van der Waals surface area contributed by atoms with Crippen LogP contribution >= 0.6 is 12.6 Å². The van der Waals surface area contributed by atoms with Gasteiger partial charge in [0, 0.05) is 11.4 Å². The van der Waals surface area contributed by atoms with Crippen molar-refractivity contribution in [1.82, 2.24) is 0 Å². The second-order valence-electron chi connectivity index (χ2n) is 2.73. The van der Waals surface area contributed by atoms with Crippen molar-refractivity contribution in [3.05, 3.63) is 29.8 Å². The normalized spacial score (nSPS) is 9.62. The number of thiol groups is 1. The highest BCUT2D eigenvalue weighted by molar-refractivity contribution is 7.80. The lowest BCUT2D eigenvalue weighted by atomic mass is 10.1. The third-order valence-corrected chi connectivity index (χ3v) is 1.88. The largest absolute Gasteiger partial charge is 0.370 e. The quantitative estimate of drug-likeness (QED) is 0.379. The van der Waals surface area contributed by atoms with Gasteiger partial charge >= 0.3 is 0 Å². The van der Waals surface area contributed by atoms with E-state index in [0.717, 1.165) is 11.3 Å². The molecule has 70 valence electrons. The minimum Gasteiger partial charge on any atom is -0.370 e. The standard InChI is InChI=1S/C9H13N3S/c10-9(11)12-5-4-7-2-1-3-8(13)6-7/h1-3,6,13H,4-5H2,(H4,10,11,12). The van der Waals surface area contributed by atoms with Gasteiger partial charge in [0.1, 0.15) is 0 Å². The summed E-state index contributed by atoms with van der Waals surface area (Å²) in [6, 6.07) is 7.94. The van der Waals surface area contributed by atoms with Gasteiger partial charge in [-0.15, -0.1) is 12.6 Å². The number of rotatable bonds is 3. The van der Waals surface area contributed by atoms with Gasteiger partial charge in [-0.25, -0.2) is 0 Å². The van der Waals surface area contributed by atoms with E-state index >= 15 is 0 Å². The first-order chi connectivity index (χ1) is 6.18. The van der Waals surface area contributed by atoms with Crippen molar-refractivity contribution in [1.29, 1.82) is 0 Å². The molecule has 1 aromatic rings. The molecule has 1 aromatic carbocycles. The monoisotopic (exact) mass is 195 g/mol. The van der Waals surface area contributed by atoms with E-state index in [9.17, 15) is 0 Å². The Morgan fingerprint density at radius 1 is 1.38 bits per heavy atom. The van der Waals surface area contributed by atoms with Crippen molar-refractivity contribution in [3.8, 4) is 0 Å². The molecule has 0 heterocycles. The molecule has 0 bridgehead atoms. The maximum Gasteiger partial charge on any atom is 0.185 e. The topological polar surface area (TPSA) is 64.4 Å². The van der Waals surface area contributed by atoms with Gasteiger partial charge in [0.25, 0.3) is 0 Å². The molecule has 0 aromatic heterocycles. The number of benzene rings is 1. The highest BCUT2D eigenvalue weighted by Gasteiger charge is 1.92. The molecular formula is C9H13N3S. The molecule has 0 saturated heterocycles. The molecule has 4 N–H and O–H groups in total. The van der Waals surface area contributed by atoms with E-state index < -0.39 is 0 Å². The number of guanidine groups is 1. The Hall–Kier alpha value is -1.16. The average molecular weight is 195 g/mol. The summed E-state index contributed by atoms with van der Waals surface area (Å²) in [6.07, 6.45) is 0.840. The second kappa shape index (κ2) is 4.77. The van der Waals surface area contributed by atoms with Crippen molar-refractivity contribution in [2.45, 2.75) is 11.3 Å². The summed E-state index contributed by atoms with van der Waals surface area (Å²) in [5.41, 5.74) is 11.6. The van der Waals surface area contributed by atoms with Crippen LogP contribution in [0.5, 0.6) is 0 Å². The van der Waals surface area contributed by atoms with Crippen LogP contribution in [0.3, 0.4) is 0 Å². The summed E-state index contributed by atoms with van der Waals surface area (Å²) in [4.78, 5) is 4.86. The Morgan fingerprint density at radius 2 is 2.15 bits per heavy atom. The van der Waals surface area contributed by atoms with Gasteiger partial charge in [0.05, 0.1) is 0 Å². The second-order valence-corrected chi connectivity index (χ2v) is 3.24. The molecule has 0 unspecified atom stereocenters. The van der Waals surface area contributed by atoms with Crippen LogP contribution in [0, 0.1) is 0 Å². The molecule has 1 rings (SSSR count). The van der Waals surface area contributed by atoms with E-state index in [-0.39, 0.29) is 5.96 Å². The zero-order valence-corrected chi connectivity index (χ0v) is 8.17. The van der Waals surface area contributed by atoms with Crippen LogP contribution in [-0.4, -0.2) is 12.5 Å². The molecule has 0 atom stereocenters. The summed E-state index contributed by atoms with van der Waals surface area (Å²) >= 11 is 4.23. The van der Waals surface area contributed by atoms with E-state index in [4.69, 9.17) is 11.5 Å². The van der Waals surface area contributed by atoms with Crippen molar-refractivity contribution in [3.63, 3.8) is 0 Å². The van der Waals surface area contributed by atoms with Gasteiger partial charge in [0.2, 0.25) is 0 Å². The zero-order valence-electron chi connectivity index (χ0n) is 7.27. The van der Waals surface area contributed by atoms with Crippen LogP contribution in [0.4, 0.5) is 0 Å². The van der Waals surface area contributed by atoms with Crippen LogP contribution < -0.4 is 11.5 Å². The van der Waals surface area contributed by atoms with Crippen molar-refractivity contribution in [2.24, 2.45) is 16.5 Å². The maximum atomic E-state index is 5.20. The fourth-order valence-corrected chi connectivity index (χ4v) is 1.28. The van der Waals surface area contributed by atoms with Gasteiger partial charge < -0.3 is 11.5 Å². The minimum atomic E-state index is 0.141. The van der Waals surface area contributed by atoms with Crippen molar-refractivity contribution in [2.75, 3.05) is 6.54 Å². The first-order valence-electron chi connectivity index (χ1n) is 4.02. The lowest BCUT2D eigenvalue weighted by Crippen LogP contribution is -2.23. The van der Waals surface area contributed by atoms with Gasteiger partial charge in [-0.3, -0.25) is 4.99 Å². The summed E-state index contributed by atoms with van der Waals surface area (Å²) in [5.74, 6) is 0.141. The van der Waals surface area contributed by atoms with Crippen LogP contribution in [0.15, 0.2) is 34.2 Å². The minimum absolute atomic E-state index is 0.141. The summed E-state index contributed by atoms with van der Waals surface area (Å²) in [7, 11) is 0. The molecule has 0 spiro atoms. The predicted molar refractivity (Wildman–Crippen MR) is 58.1 cm³/mol. The first-order valence-corrected chi connectivity index (χ1v) is 4.46. The lowest BCUT2D eigenvalue weighted by Gasteiger charge is -1.99. The van der Waals surface area contributed by atoms with E-state index in [0.29, 0.717) is 6.54 Å². The molecule has 3 nitrogen and oxygen atoms in total. The third kappa shape index (κ3) is 3.85. The number of aliphatic imine (C=N–C) groups is 1. The Kier molecular flexibility index (Phi) is 3.64. The lowest BCUT2D eigenvalue weighted by molar-refractivity contribution is 0.958. The van der Waals surface area contributed by atoms with Crippen molar-refractivity contribution >= 4 is 18.6 Å². The molecule has 13 heavy (non-hydrogen) atoms. The molecule has 0 aliphatic rings. The summed E-state index contributed by atoms with van der Waals surface area (Å²) in [5, 5.41) is 0. The molecule has 0 aliphatic heterocycles. The molecule has 4 heteroatoms. The van der Waals surface area contributed by atoms with Crippen LogP contribution in [0.25, 0.3) is 0 Å². The molecule has 0 aliphatic carbocycles. The van der Waals surface area contributed by atoms with E-state index in [1.807, 2.05) is 24.3 Å². The molecule has 0 radical (unpaired) electrons. The first kappa shape index (κ1) is 9.92. The highest BCUT2D eigenvalue weighted by atomic mass is 32.1. The number of nitrogens with zero attached hydrogens (tertiary/aromatic N) is 1. The Labute approximate surface area is 83.3 Å².